The second-order valence-electron chi connectivity index (χ2n) is 4.99. The van der Waals surface area contributed by atoms with Gasteiger partial charge >= 0.3 is 12.1 Å². The van der Waals surface area contributed by atoms with E-state index in [0.717, 1.165) is 4.90 Å². The van der Waals surface area contributed by atoms with Crippen LogP contribution in [0.15, 0.2) is 6.07 Å². The summed E-state index contributed by atoms with van der Waals surface area (Å²) in [5.74, 6) is -2.65. The third-order valence-corrected chi connectivity index (χ3v) is 3.74. The third kappa shape index (κ3) is 2.47. The van der Waals surface area contributed by atoms with Crippen LogP contribution in [-0.2, 0) is 11.2 Å². The first kappa shape index (κ1) is 15.3. The van der Waals surface area contributed by atoms with Gasteiger partial charge in [0.05, 0.1) is 0 Å². The summed E-state index contributed by atoms with van der Waals surface area (Å²) >= 11 is 0. The van der Waals surface area contributed by atoms with Gasteiger partial charge in [-0.15, -0.1) is 0 Å². The Balaban J connectivity index is 2.21. The SMILES string of the molecule is CCc1cc(C(=O)N2CCC(C(=O)O)(C(F)(F)F)C2)n[nH]1. The van der Waals surface area contributed by atoms with Gasteiger partial charge in [0.2, 0.25) is 0 Å². The van der Waals surface area contributed by atoms with E-state index in [0.29, 0.717) is 12.1 Å². The summed E-state index contributed by atoms with van der Waals surface area (Å²) in [5.41, 5.74) is -2.22. The highest BCUT2D eigenvalue weighted by Crippen LogP contribution is 2.45. The van der Waals surface area contributed by atoms with Gasteiger partial charge in [-0.3, -0.25) is 14.7 Å². The van der Waals surface area contributed by atoms with Gasteiger partial charge in [-0.1, -0.05) is 6.92 Å². The summed E-state index contributed by atoms with van der Waals surface area (Å²) in [6, 6.07) is 1.46. The van der Waals surface area contributed by atoms with E-state index in [2.05, 4.69) is 10.2 Å². The number of likely N-dealkylation sites (tertiary alicyclic amines) is 1. The Morgan fingerprint density at radius 2 is 2.19 bits per heavy atom. The molecule has 1 aromatic rings. The average molecular weight is 305 g/mol. The molecule has 1 amide bonds. The molecule has 1 fully saturated rings. The van der Waals surface area contributed by atoms with E-state index < -0.39 is 36.4 Å². The summed E-state index contributed by atoms with van der Waals surface area (Å²) < 4.78 is 39.1. The van der Waals surface area contributed by atoms with Crippen molar-refractivity contribution >= 4 is 11.9 Å². The van der Waals surface area contributed by atoms with Crippen molar-refractivity contribution in [3.8, 4) is 0 Å². The van der Waals surface area contributed by atoms with E-state index in [1.807, 2.05) is 6.92 Å². The maximum absolute atomic E-state index is 13.0. The Morgan fingerprint density at radius 3 is 2.62 bits per heavy atom. The monoisotopic (exact) mass is 305 g/mol. The van der Waals surface area contributed by atoms with Crippen molar-refractivity contribution in [2.75, 3.05) is 13.1 Å². The highest BCUT2D eigenvalue weighted by atomic mass is 19.4. The fraction of sp³-hybridized carbons (Fsp3) is 0.583. The Labute approximate surface area is 117 Å². The van der Waals surface area contributed by atoms with Crippen LogP contribution in [0.2, 0.25) is 0 Å². The Morgan fingerprint density at radius 1 is 1.52 bits per heavy atom. The molecule has 0 saturated carbocycles. The molecule has 6 nitrogen and oxygen atoms in total. The number of nitrogens with one attached hydrogen (secondary N) is 1. The minimum Gasteiger partial charge on any atom is -0.481 e. The molecule has 21 heavy (non-hydrogen) atoms. The van der Waals surface area contributed by atoms with Crippen LogP contribution in [0.1, 0.15) is 29.5 Å². The zero-order chi connectivity index (χ0) is 15.8. The number of halogens is 3. The number of H-pyrrole nitrogens is 1. The van der Waals surface area contributed by atoms with Gasteiger partial charge in [0.15, 0.2) is 5.41 Å². The van der Waals surface area contributed by atoms with Crippen LogP contribution in [0.5, 0.6) is 0 Å². The smallest absolute Gasteiger partial charge is 0.406 e. The lowest BCUT2D eigenvalue weighted by molar-refractivity contribution is -0.227. The quantitative estimate of drug-likeness (QED) is 0.885. The lowest BCUT2D eigenvalue weighted by Gasteiger charge is -2.27. The van der Waals surface area contributed by atoms with Crippen molar-refractivity contribution in [3.05, 3.63) is 17.5 Å². The number of amides is 1. The van der Waals surface area contributed by atoms with Gasteiger partial charge in [-0.05, 0) is 18.9 Å². The summed E-state index contributed by atoms with van der Waals surface area (Å²) in [6.45, 7) is 0.675. The third-order valence-electron chi connectivity index (χ3n) is 3.74. The van der Waals surface area contributed by atoms with Crippen molar-refractivity contribution in [2.45, 2.75) is 25.9 Å². The van der Waals surface area contributed by atoms with Gasteiger partial charge in [-0.2, -0.15) is 18.3 Å². The van der Waals surface area contributed by atoms with Crippen molar-refractivity contribution in [1.29, 1.82) is 0 Å². The highest BCUT2D eigenvalue weighted by Gasteiger charge is 2.64. The van der Waals surface area contributed by atoms with E-state index in [-0.39, 0.29) is 12.2 Å². The Bertz CT molecular complexity index is 570. The molecule has 9 heteroatoms. The number of aromatic nitrogens is 2. The molecule has 0 aliphatic carbocycles. The predicted octanol–water partition coefficient (Wildman–Crippen LogP) is 1.45. The lowest BCUT2D eigenvalue weighted by Crippen LogP contribution is -2.47. The Hall–Kier alpha value is -2.06. The number of alkyl halides is 3. The van der Waals surface area contributed by atoms with E-state index in [4.69, 9.17) is 5.11 Å². The maximum atomic E-state index is 13.0. The zero-order valence-corrected chi connectivity index (χ0v) is 11.2. The fourth-order valence-corrected chi connectivity index (χ4v) is 2.32. The van der Waals surface area contributed by atoms with Crippen LogP contribution in [0.3, 0.4) is 0 Å². The number of aliphatic carboxylic acids is 1. The first-order chi connectivity index (χ1) is 9.71. The normalized spacial score (nSPS) is 22.6. The number of carbonyl (C=O) groups excluding carboxylic acids is 1. The molecule has 2 heterocycles. The first-order valence-corrected chi connectivity index (χ1v) is 6.35. The van der Waals surface area contributed by atoms with Crippen LogP contribution in [0.4, 0.5) is 13.2 Å². The zero-order valence-electron chi connectivity index (χ0n) is 11.2. The van der Waals surface area contributed by atoms with E-state index >= 15 is 0 Å². The average Bonchev–Trinajstić information content (AvgIpc) is 3.04. The fourth-order valence-electron chi connectivity index (χ4n) is 2.32. The van der Waals surface area contributed by atoms with E-state index in [9.17, 15) is 22.8 Å². The van der Waals surface area contributed by atoms with Crippen LogP contribution >= 0.6 is 0 Å². The molecule has 1 saturated heterocycles. The Kier molecular flexibility index (Phi) is 3.68. The molecular formula is C12H14F3N3O3. The maximum Gasteiger partial charge on any atom is 0.406 e. The molecule has 0 bridgehead atoms. The molecule has 1 aliphatic rings. The molecule has 0 spiro atoms. The van der Waals surface area contributed by atoms with Gasteiger partial charge in [0, 0.05) is 18.8 Å². The van der Waals surface area contributed by atoms with Gasteiger partial charge < -0.3 is 10.0 Å². The van der Waals surface area contributed by atoms with Crippen LogP contribution in [-0.4, -0.2) is 51.3 Å². The molecule has 1 aromatic heterocycles. The van der Waals surface area contributed by atoms with Crippen molar-refractivity contribution in [2.24, 2.45) is 5.41 Å². The number of hydrogen-bond acceptors (Lipinski definition) is 3. The second kappa shape index (κ2) is 5.05. The summed E-state index contributed by atoms with van der Waals surface area (Å²) in [4.78, 5) is 24.0. The largest absolute Gasteiger partial charge is 0.481 e. The number of hydrogen-bond donors (Lipinski definition) is 2. The number of carboxylic acids is 1. The van der Waals surface area contributed by atoms with Crippen molar-refractivity contribution in [3.63, 3.8) is 0 Å². The standard InChI is InChI=1S/C12H14F3N3O3/c1-2-7-5-8(17-16-7)9(19)18-4-3-11(6-18,10(20)21)12(13,14)15/h5H,2-4,6H2,1H3,(H,16,17)(H,20,21). The van der Waals surface area contributed by atoms with E-state index in [1.54, 1.807) is 0 Å². The van der Waals surface area contributed by atoms with Crippen LogP contribution in [0.25, 0.3) is 0 Å². The van der Waals surface area contributed by atoms with Crippen LogP contribution < -0.4 is 0 Å². The number of rotatable bonds is 3. The predicted molar refractivity (Wildman–Crippen MR) is 64.6 cm³/mol. The van der Waals surface area contributed by atoms with Crippen LogP contribution in [0, 0.1) is 5.41 Å². The molecule has 1 unspecified atom stereocenters. The second-order valence-corrected chi connectivity index (χ2v) is 4.99. The molecule has 2 N–H and O–H groups in total. The molecule has 116 valence electrons. The molecule has 0 radical (unpaired) electrons. The topological polar surface area (TPSA) is 86.3 Å². The number of aromatic amines is 1. The summed E-state index contributed by atoms with van der Waals surface area (Å²) in [5, 5.41) is 15.3. The molecular weight excluding hydrogens is 291 g/mol. The molecule has 1 aliphatic heterocycles. The number of carbonyl (C=O) groups is 2. The minimum atomic E-state index is -4.91. The molecule has 1 atom stereocenters. The van der Waals surface area contributed by atoms with Gasteiger partial charge in [0.25, 0.3) is 5.91 Å². The molecule has 0 aromatic carbocycles. The summed E-state index contributed by atoms with van der Waals surface area (Å²) in [6.07, 6.45) is -4.96. The summed E-state index contributed by atoms with van der Waals surface area (Å²) in [7, 11) is 0. The highest BCUT2D eigenvalue weighted by molar-refractivity contribution is 5.93. The van der Waals surface area contributed by atoms with Crippen molar-refractivity contribution < 1.29 is 27.9 Å². The first-order valence-electron chi connectivity index (χ1n) is 6.35. The number of carboxylic acid groups (broad SMARTS) is 1. The van der Waals surface area contributed by atoms with Crippen molar-refractivity contribution in [1.82, 2.24) is 15.1 Å². The lowest BCUT2D eigenvalue weighted by atomic mass is 9.86. The number of nitrogens with zero attached hydrogens (tertiary/aromatic N) is 2. The van der Waals surface area contributed by atoms with Gasteiger partial charge in [0.1, 0.15) is 5.69 Å². The van der Waals surface area contributed by atoms with Gasteiger partial charge in [-0.25, -0.2) is 0 Å². The minimum absolute atomic E-state index is 0.00443. The number of aryl methyl sites for hydroxylation is 1. The van der Waals surface area contributed by atoms with E-state index in [1.165, 1.54) is 6.07 Å². The molecule has 2 rings (SSSR count).